The number of aromatic nitrogens is 2. The first kappa shape index (κ1) is 19.3. The Morgan fingerprint density at radius 2 is 1.96 bits per heavy atom. The van der Waals surface area contributed by atoms with Gasteiger partial charge in [0.2, 0.25) is 0 Å². The number of fused-ring (bicyclic) bond motifs is 1. The fourth-order valence-electron chi connectivity index (χ4n) is 4.03. The molecule has 1 aromatic carbocycles. The Bertz CT molecular complexity index is 757. The number of carbonyl (C=O) groups is 1. The summed E-state index contributed by atoms with van der Waals surface area (Å²) >= 11 is 1.72. The van der Waals surface area contributed by atoms with Crippen molar-refractivity contribution in [1.82, 2.24) is 9.55 Å². The van der Waals surface area contributed by atoms with Gasteiger partial charge in [-0.1, -0.05) is 76.8 Å². The number of benzene rings is 1. The van der Waals surface area contributed by atoms with Crippen LogP contribution in [0.15, 0.2) is 29.4 Å². The Balaban J connectivity index is 1.87. The molecule has 1 atom stereocenters. The summed E-state index contributed by atoms with van der Waals surface area (Å²) in [6.07, 6.45) is 7.98. The van der Waals surface area contributed by atoms with E-state index in [0.717, 1.165) is 27.9 Å². The highest BCUT2D eigenvalue weighted by atomic mass is 32.2. The number of thioether (sulfide) groups is 1. The first-order valence-electron chi connectivity index (χ1n) is 9.70. The zero-order chi connectivity index (χ0) is 18.7. The molecule has 5 heteroatoms. The highest BCUT2D eigenvalue weighted by molar-refractivity contribution is 7.99. The summed E-state index contributed by atoms with van der Waals surface area (Å²) in [6.45, 7) is 5.95. The van der Waals surface area contributed by atoms with Crippen LogP contribution in [0.25, 0.3) is 11.0 Å². The minimum absolute atomic E-state index is 0.395. The highest BCUT2D eigenvalue weighted by Crippen LogP contribution is 2.38. The van der Waals surface area contributed by atoms with Crippen LogP contribution in [0, 0.1) is 11.3 Å². The van der Waals surface area contributed by atoms with Gasteiger partial charge in [0, 0.05) is 5.75 Å². The monoisotopic (exact) mass is 374 g/mol. The second-order valence-corrected chi connectivity index (χ2v) is 9.56. The van der Waals surface area contributed by atoms with E-state index >= 15 is 0 Å². The fourth-order valence-corrected chi connectivity index (χ4v) is 5.17. The molecule has 1 fully saturated rings. The predicted octanol–water partition coefficient (Wildman–Crippen LogP) is 5.77. The molecule has 1 aliphatic rings. The van der Waals surface area contributed by atoms with Crippen LogP contribution in [0.3, 0.4) is 0 Å². The van der Waals surface area contributed by atoms with Gasteiger partial charge < -0.3 is 9.67 Å². The second kappa shape index (κ2) is 8.03. The lowest BCUT2D eigenvalue weighted by Crippen LogP contribution is -2.32. The molecule has 4 nitrogen and oxygen atoms in total. The maximum atomic E-state index is 12.1. The summed E-state index contributed by atoms with van der Waals surface area (Å²) < 4.78 is 1.95. The maximum Gasteiger partial charge on any atom is 0.327 e. The molecule has 26 heavy (non-hydrogen) atoms. The Labute approximate surface area is 160 Å². The van der Waals surface area contributed by atoms with E-state index in [1.807, 2.05) is 49.6 Å². The minimum Gasteiger partial charge on any atom is -0.480 e. The van der Waals surface area contributed by atoms with E-state index in [2.05, 4.69) is 0 Å². The van der Waals surface area contributed by atoms with Gasteiger partial charge in [-0.3, -0.25) is 0 Å². The van der Waals surface area contributed by atoms with Crippen molar-refractivity contribution in [3.05, 3.63) is 24.3 Å². The van der Waals surface area contributed by atoms with Crippen molar-refractivity contribution in [3.63, 3.8) is 0 Å². The largest absolute Gasteiger partial charge is 0.480 e. The first-order chi connectivity index (χ1) is 12.4. The van der Waals surface area contributed by atoms with E-state index in [1.54, 1.807) is 11.8 Å². The molecular weight excluding hydrogens is 344 g/mol. The number of imidazole rings is 1. The van der Waals surface area contributed by atoms with Crippen molar-refractivity contribution in [2.45, 2.75) is 70.5 Å². The molecule has 0 aliphatic heterocycles. The van der Waals surface area contributed by atoms with E-state index in [0.29, 0.717) is 0 Å². The molecule has 142 valence electrons. The average Bonchev–Trinajstić information content (AvgIpc) is 2.93. The number of rotatable bonds is 6. The normalized spacial score (nSPS) is 17.5. The zero-order valence-corrected chi connectivity index (χ0v) is 16.9. The number of carboxylic acids is 1. The molecule has 0 bridgehead atoms. The lowest BCUT2D eigenvalue weighted by atomic mass is 9.86. The molecule has 1 saturated carbocycles. The first-order valence-corrected chi connectivity index (χ1v) is 10.7. The lowest BCUT2D eigenvalue weighted by Gasteiger charge is -2.30. The van der Waals surface area contributed by atoms with Crippen LogP contribution in [0.1, 0.15) is 65.3 Å². The van der Waals surface area contributed by atoms with Crippen LogP contribution < -0.4 is 0 Å². The number of hydrogen-bond donors (Lipinski definition) is 1. The summed E-state index contributed by atoms with van der Waals surface area (Å²) in [4.78, 5) is 16.9. The van der Waals surface area contributed by atoms with Crippen molar-refractivity contribution < 1.29 is 9.90 Å². The van der Waals surface area contributed by atoms with E-state index in [1.165, 1.54) is 38.5 Å². The summed E-state index contributed by atoms with van der Waals surface area (Å²) in [5.41, 5.74) is 1.40. The summed E-state index contributed by atoms with van der Waals surface area (Å²) in [7, 11) is 0. The van der Waals surface area contributed by atoms with Crippen LogP contribution in [-0.4, -0.2) is 26.4 Å². The van der Waals surface area contributed by atoms with Gasteiger partial charge in [0.1, 0.15) is 6.04 Å². The lowest BCUT2D eigenvalue weighted by molar-refractivity contribution is -0.144. The molecule has 1 N–H and O–H groups in total. The molecule has 1 heterocycles. The van der Waals surface area contributed by atoms with Crippen LogP contribution in [0.4, 0.5) is 0 Å². The molecule has 1 aromatic heterocycles. The quantitative estimate of drug-likeness (QED) is 0.652. The van der Waals surface area contributed by atoms with Gasteiger partial charge in [-0.2, -0.15) is 0 Å². The number of hydrogen-bond acceptors (Lipinski definition) is 3. The number of carboxylic acid groups (broad SMARTS) is 1. The van der Waals surface area contributed by atoms with E-state index in [9.17, 15) is 9.90 Å². The van der Waals surface area contributed by atoms with Crippen molar-refractivity contribution in [2.24, 2.45) is 11.3 Å². The standard InChI is InChI=1S/C21H30N2O2S/c1-21(2,3)18(19(24)25)23-17-12-8-7-11-16(17)22-20(23)26-14-13-15-9-5-4-6-10-15/h7-8,11-12,15,18H,4-6,9-10,13-14H2,1-3H3,(H,24,25). The van der Waals surface area contributed by atoms with Crippen molar-refractivity contribution >= 4 is 28.8 Å². The smallest absolute Gasteiger partial charge is 0.327 e. The Hall–Kier alpha value is -1.49. The molecule has 0 saturated heterocycles. The zero-order valence-electron chi connectivity index (χ0n) is 16.1. The van der Waals surface area contributed by atoms with Crippen LogP contribution in [-0.2, 0) is 4.79 Å². The molecule has 1 aliphatic carbocycles. The van der Waals surface area contributed by atoms with Crippen molar-refractivity contribution in [2.75, 3.05) is 5.75 Å². The van der Waals surface area contributed by atoms with Crippen LogP contribution in [0.5, 0.6) is 0 Å². The highest BCUT2D eigenvalue weighted by Gasteiger charge is 2.35. The van der Waals surface area contributed by atoms with E-state index < -0.39 is 17.4 Å². The number of aliphatic carboxylic acids is 1. The van der Waals surface area contributed by atoms with Gasteiger partial charge in [0.15, 0.2) is 5.16 Å². The molecule has 2 aromatic rings. The molecular formula is C21H30N2O2S. The summed E-state index contributed by atoms with van der Waals surface area (Å²) in [5, 5.41) is 10.8. The molecule has 0 radical (unpaired) electrons. The Morgan fingerprint density at radius 1 is 1.27 bits per heavy atom. The van der Waals surface area contributed by atoms with Crippen LogP contribution in [0.2, 0.25) is 0 Å². The van der Waals surface area contributed by atoms with Crippen molar-refractivity contribution in [1.29, 1.82) is 0 Å². The Kier molecular flexibility index (Phi) is 5.96. The maximum absolute atomic E-state index is 12.1. The second-order valence-electron chi connectivity index (χ2n) is 8.50. The van der Waals surface area contributed by atoms with Crippen LogP contribution >= 0.6 is 11.8 Å². The predicted molar refractivity (Wildman–Crippen MR) is 108 cm³/mol. The number of nitrogens with zero attached hydrogens (tertiary/aromatic N) is 2. The van der Waals surface area contributed by atoms with E-state index in [-0.39, 0.29) is 0 Å². The molecule has 3 rings (SSSR count). The van der Waals surface area contributed by atoms with Gasteiger partial charge in [-0.15, -0.1) is 0 Å². The van der Waals surface area contributed by atoms with Gasteiger partial charge in [0.25, 0.3) is 0 Å². The van der Waals surface area contributed by atoms with Gasteiger partial charge in [0.05, 0.1) is 11.0 Å². The average molecular weight is 375 g/mol. The third-order valence-electron chi connectivity index (χ3n) is 5.36. The number of para-hydroxylation sites is 2. The third kappa shape index (κ3) is 4.25. The van der Waals surface area contributed by atoms with Gasteiger partial charge in [-0.05, 0) is 29.9 Å². The van der Waals surface area contributed by atoms with E-state index in [4.69, 9.17) is 4.98 Å². The van der Waals surface area contributed by atoms with Gasteiger partial charge in [-0.25, -0.2) is 9.78 Å². The SMILES string of the molecule is CC(C)(C)C(C(=O)O)n1c(SCCC2CCCCC2)nc2ccccc21. The summed E-state index contributed by atoms with van der Waals surface area (Å²) in [5.74, 6) is 1.03. The Morgan fingerprint density at radius 3 is 2.62 bits per heavy atom. The fraction of sp³-hybridized carbons (Fsp3) is 0.619. The molecule has 0 amide bonds. The molecule has 1 unspecified atom stereocenters. The van der Waals surface area contributed by atoms with Gasteiger partial charge >= 0.3 is 5.97 Å². The topological polar surface area (TPSA) is 55.1 Å². The minimum atomic E-state index is -0.796. The van der Waals surface area contributed by atoms with Crippen molar-refractivity contribution in [3.8, 4) is 0 Å². The molecule has 0 spiro atoms. The summed E-state index contributed by atoms with van der Waals surface area (Å²) in [6, 6.07) is 7.24. The third-order valence-corrected chi connectivity index (χ3v) is 6.34.